The van der Waals surface area contributed by atoms with Gasteiger partial charge in [0.2, 0.25) is 0 Å². The highest BCUT2D eigenvalue weighted by Crippen LogP contribution is 2.24. The Morgan fingerprint density at radius 3 is 2.92 bits per heavy atom. The van der Waals surface area contributed by atoms with E-state index in [1.165, 1.54) is 5.56 Å². The van der Waals surface area contributed by atoms with Crippen molar-refractivity contribution in [1.29, 1.82) is 0 Å². The lowest BCUT2D eigenvalue weighted by molar-refractivity contribution is 0.0675. The van der Waals surface area contributed by atoms with Crippen LogP contribution in [0.3, 0.4) is 0 Å². The van der Waals surface area contributed by atoms with E-state index in [0.29, 0.717) is 5.92 Å². The normalized spacial score (nSPS) is 17.4. The van der Waals surface area contributed by atoms with E-state index in [4.69, 9.17) is 0 Å². The number of likely N-dealkylation sites (tertiary alicyclic amines) is 1. The van der Waals surface area contributed by atoms with Crippen molar-refractivity contribution in [2.75, 3.05) is 13.1 Å². The second-order valence-electron chi connectivity index (χ2n) is 7.15. The Morgan fingerprint density at radius 2 is 2.08 bits per heavy atom. The summed E-state index contributed by atoms with van der Waals surface area (Å²) in [6.45, 7) is 3.64. The molecule has 0 spiro atoms. The number of piperidine rings is 1. The van der Waals surface area contributed by atoms with E-state index in [2.05, 4.69) is 22.1 Å². The second kappa shape index (κ2) is 7.24. The average Bonchev–Trinajstić information content (AvgIpc) is 2.69. The zero-order chi connectivity index (χ0) is 17.9. The third-order valence-corrected chi connectivity index (χ3v) is 5.18. The summed E-state index contributed by atoms with van der Waals surface area (Å²) in [7, 11) is 0. The lowest BCUT2D eigenvalue weighted by atomic mass is 9.91. The molecule has 1 amide bonds. The highest BCUT2D eigenvalue weighted by molar-refractivity contribution is 6.06. The minimum absolute atomic E-state index is 0.121. The molecule has 4 rings (SSSR count). The smallest absolute Gasteiger partial charge is 0.254 e. The number of benzene rings is 1. The Morgan fingerprint density at radius 1 is 1.15 bits per heavy atom. The van der Waals surface area contributed by atoms with Crippen molar-refractivity contribution in [3.05, 3.63) is 71.7 Å². The quantitative estimate of drug-likeness (QED) is 0.720. The molecule has 0 saturated carbocycles. The zero-order valence-corrected chi connectivity index (χ0v) is 15.1. The summed E-state index contributed by atoms with van der Waals surface area (Å²) < 4.78 is 0. The van der Waals surface area contributed by atoms with Gasteiger partial charge in [0, 0.05) is 42.1 Å². The van der Waals surface area contributed by atoms with Gasteiger partial charge in [0.1, 0.15) is 0 Å². The van der Waals surface area contributed by atoms with Crippen molar-refractivity contribution in [1.82, 2.24) is 14.9 Å². The van der Waals surface area contributed by atoms with E-state index in [1.807, 2.05) is 48.4 Å². The highest BCUT2D eigenvalue weighted by Gasteiger charge is 2.25. The van der Waals surface area contributed by atoms with Crippen molar-refractivity contribution in [3.8, 4) is 0 Å². The van der Waals surface area contributed by atoms with E-state index < -0.39 is 0 Å². The fourth-order valence-electron chi connectivity index (χ4n) is 3.83. The minimum Gasteiger partial charge on any atom is -0.338 e. The maximum absolute atomic E-state index is 13.1. The van der Waals surface area contributed by atoms with Crippen molar-refractivity contribution in [2.45, 2.75) is 26.2 Å². The SMILES string of the molecule is Cc1ccc(CC2CCCN(C(=O)c3cccc4ncccc34)C2)cn1. The number of rotatable bonds is 3. The number of carbonyl (C=O) groups excluding carboxylic acids is 1. The molecule has 132 valence electrons. The van der Waals surface area contributed by atoms with Crippen LogP contribution in [0.15, 0.2) is 54.9 Å². The van der Waals surface area contributed by atoms with Gasteiger partial charge in [0.25, 0.3) is 5.91 Å². The number of carbonyl (C=O) groups is 1. The average molecular weight is 345 g/mol. The third kappa shape index (κ3) is 3.45. The summed E-state index contributed by atoms with van der Waals surface area (Å²) in [6.07, 6.45) is 6.93. The molecule has 1 unspecified atom stereocenters. The van der Waals surface area contributed by atoms with E-state index in [-0.39, 0.29) is 5.91 Å². The van der Waals surface area contributed by atoms with Gasteiger partial charge < -0.3 is 4.90 Å². The van der Waals surface area contributed by atoms with Crippen molar-refractivity contribution in [2.24, 2.45) is 5.92 Å². The van der Waals surface area contributed by atoms with Crippen LogP contribution < -0.4 is 0 Å². The number of nitrogens with zero attached hydrogens (tertiary/aromatic N) is 3. The van der Waals surface area contributed by atoms with Gasteiger partial charge in [-0.05, 0) is 61.9 Å². The van der Waals surface area contributed by atoms with Crippen LogP contribution in [-0.4, -0.2) is 33.9 Å². The summed E-state index contributed by atoms with van der Waals surface area (Å²) in [6, 6.07) is 13.9. The van der Waals surface area contributed by atoms with Crippen LogP contribution in [0.5, 0.6) is 0 Å². The summed E-state index contributed by atoms with van der Waals surface area (Å²) >= 11 is 0. The molecule has 0 N–H and O–H groups in total. The molecule has 0 bridgehead atoms. The molecular weight excluding hydrogens is 322 g/mol. The molecule has 1 aromatic carbocycles. The van der Waals surface area contributed by atoms with Crippen molar-refractivity contribution < 1.29 is 4.79 Å². The summed E-state index contributed by atoms with van der Waals surface area (Å²) in [5.74, 6) is 0.612. The lowest BCUT2D eigenvalue weighted by Gasteiger charge is -2.33. The van der Waals surface area contributed by atoms with Gasteiger partial charge in [0.05, 0.1) is 5.52 Å². The van der Waals surface area contributed by atoms with Gasteiger partial charge in [0.15, 0.2) is 0 Å². The molecule has 0 aliphatic carbocycles. The number of hydrogen-bond acceptors (Lipinski definition) is 3. The molecule has 3 aromatic rings. The summed E-state index contributed by atoms with van der Waals surface area (Å²) in [5.41, 5.74) is 3.92. The van der Waals surface area contributed by atoms with E-state index in [0.717, 1.165) is 54.5 Å². The maximum Gasteiger partial charge on any atom is 0.254 e. The van der Waals surface area contributed by atoms with Crippen LogP contribution in [0.4, 0.5) is 0 Å². The van der Waals surface area contributed by atoms with Gasteiger partial charge in [-0.1, -0.05) is 18.2 Å². The molecule has 1 fully saturated rings. The second-order valence-corrected chi connectivity index (χ2v) is 7.15. The maximum atomic E-state index is 13.1. The van der Waals surface area contributed by atoms with Gasteiger partial charge in [-0.25, -0.2) is 0 Å². The van der Waals surface area contributed by atoms with Gasteiger partial charge >= 0.3 is 0 Å². The Balaban J connectivity index is 1.51. The first-order valence-electron chi connectivity index (χ1n) is 9.25. The molecule has 1 aliphatic rings. The fraction of sp³-hybridized carbons (Fsp3) is 0.318. The highest BCUT2D eigenvalue weighted by atomic mass is 16.2. The van der Waals surface area contributed by atoms with Crippen LogP contribution in [-0.2, 0) is 6.42 Å². The first-order valence-corrected chi connectivity index (χ1v) is 9.25. The first-order chi connectivity index (χ1) is 12.7. The van der Waals surface area contributed by atoms with Gasteiger partial charge in [-0.15, -0.1) is 0 Å². The van der Waals surface area contributed by atoms with E-state index in [1.54, 1.807) is 6.20 Å². The standard InChI is InChI=1S/C22H23N3O/c1-16-9-10-17(14-24-16)13-18-5-4-12-25(15-18)22(26)20-6-2-8-21-19(20)7-3-11-23-21/h2-3,6-11,14,18H,4-5,12-13,15H2,1H3. The van der Waals surface area contributed by atoms with E-state index in [9.17, 15) is 4.79 Å². The number of pyridine rings is 2. The molecule has 3 heterocycles. The fourth-order valence-corrected chi connectivity index (χ4v) is 3.83. The molecule has 26 heavy (non-hydrogen) atoms. The van der Waals surface area contributed by atoms with Crippen LogP contribution in [0, 0.1) is 12.8 Å². The van der Waals surface area contributed by atoms with E-state index >= 15 is 0 Å². The molecular formula is C22H23N3O. The van der Waals surface area contributed by atoms with Crippen molar-refractivity contribution >= 4 is 16.8 Å². The topological polar surface area (TPSA) is 46.1 Å². The number of aryl methyl sites for hydroxylation is 1. The van der Waals surface area contributed by atoms with Gasteiger partial charge in [-0.3, -0.25) is 14.8 Å². The van der Waals surface area contributed by atoms with Crippen LogP contribution in [0.25, 0.3) is 10.9 Å². The molecule has 4 nitrogen and oxygen atoms in total. The number of fused-ring (bicyclic) bond motifs is 1. The van der Waals surface area contributed by atoms with Crippen LogP contribution in [0.2, 0.25) is 0 Å². The lowest BCUT2D eigenvalue weighted by Crippen LogP contribution is -2.40. The zero-order valence-electron chi connectivity index (χ0n) is 15.1. The molecule has 4 heteroatoms. The number of hydrogen-bond donors (Lipinski definition) is 0. The predicted octanol–water partition coefficient (Wildman–Crippen LogP) is 4.03. The Bertz CT molecular complexity index is 915. The summed E-state index contributed by atoms with van der Waals surface area (Å²) in [5, 5.41) is 0.935. The molecule has 1 atom stereocenters. The summed E-state index contributed by atoms with van der Waals surface area (Å²) in [4.78, 5) is 23.9. The third-order valence-electron chi connectivity index (χ3n) is 5.18. The predicted molar refractivity (Wildman–Crippen MR) is 103 cm³/mol. The number of amides is 1. The van der Waals surface area contributed by atoms with Crippen molar-refractivity contribution in [3.63, 3.8) is 0 Å². The van der Waals surface area contributed by atoms with Crippen LogP contribution in [0.1, 0.15) is 34.5 Å². The van der Waals surface area contributed by atoms with Crippen LogP contribution >= 0.6 is 0 Å². The number of aromatic nitrogens is 2. The van der Waals surface area contributed by atoms with Gasteiger partial charge in [-0.2, -0.15) is 0 Å². The Hall–Kier alpha value is -2.75. The molecule has 2 aromatic heterocycles. The Kier molecular flexibility index (Phi) is 4.65. The molecule has 0 radical (unpaired) electrons. The molecule has 1 aliphatic heterocycles. The molecule has 1 saturated heterocycles. The Labute approximate surface area is 153 Å². The monoisotopic (exact) mass is 345 g/mol. The first kappa shape index (κ1) is 16.7. The largest absolute Gasteiger partial charge is 0.338 e. The minimum atomic E-state index is 0.121.